The van der Waals surface area contributed by atoms with Gasteiger partial charge in [0, 0.05) is 6.54 Å². The summed E-state index contributed by atoms with van der Waals surface area (Å²) in [6.07, 6.45) is 4.91. The third-order valence-electron chi connectivity index (χ3n) is 4.05. The molecule has 106 valence electrons. The minimum absolute atomic E-state index is 0.0465. The van der Waals surface area contributed by atoms with Crippen molar-refractivity contribution in [3.63, 3.8) is 0 Å². The zero-order chi connectivity index (χ0) is 14.0. The van der Waals surface area contributed by atoms with Gasteiger partial charge >= 0.3 is 0 Å². The van der Waals surface area contributed by atoms with Crippen LogP contribution in [-0.2, 0) is 0 Å². The number of hydrogen-bond donors (Lipinski definition) is 1. The van der Waals surface area contributed by atoms with Crippen molar-refractivity contribution in [1.29, 1.82) is 0 Å². The number of nitrogens with zero attached hydrogens (tertiary/aromatic N) is 1. The van der Waals surface area contributed by atoms with Gasteiger partial charge in [-0.25, -0.2) is 0 Å². The van der Waals surface area contributed by atoms with Gasteiger partial charge in [-0.1, -0.05) is 19.8 Å². The van der Waals surface area contributed by atoms with Crippen LogP contribution in [0.4, 0.5) is 23.2 Å². The average molecular weight is 276 g/mol. The van der Waals surface area contributed by atoms with Crippen LogP contribution in [0.15, 0.2) is 0 Å². The zero-order valence-corrected chi connectivity index (χ0v) is 10.7. The summed E-state index contributed by atoms with van der Waals surface area (Å²) in [7, 11) is 0. The Bertz CT molecular complexity index is 444. The van der Waals surface area contributed by atoms with Crippen LogP contribution in [0.25, 0.3) is 0 Å². The molecule has 1 aliphatic carbocycles. The normalized spacial score (nSPS) is 17.7. The highest BCUT2D eigenvalue weighted by Gasteiger charge is 2.32. The Kier molecular flexibility index (Phi) is 3.96. The Labute approximate surface area is 109 Å². The molecule has 0 aromatic carbocycles. The van der Waals surface area contributed by atoms with Crippen LogP contribution in [0.2, 0.25) is 0 Å². The maximum absolute atomic E-state index is 13.4. The predicted octanol–water partition coefficient (Wildman–Crippen LogP) is 4.02. The van der Waals surface area contributed by atoms with Gasteiger partial charge in [-0.3, -0.25) is 0 Å². The van der Waals surface area contributed by atoms with Crippen LogP contribution in [-0.4, -0.2) is 11.5 Å². The smallest absolute Gasteiger partial charge is 0.253 e. The number of anilines is 1. The van der Waals surface area contributed by atoms with E-state index in [1.165, 1.54) is 0 Å². The number of pyridine rings is 1. The van der Waals surface area contributed by atoms with Crippen LogP contribution in [0.3, 0.4) is 0 Å². The highest BCUT2D eigenvalue weighted by Crippen LogP contribution is 2.41. The summed E-state index contributed by atoms with van der Waals surface area (Å²) in [5, 5.41) is 2.53. The molecular formula is C13H16F4N2. The SMILES string of the molecule is CCC1(CNc2c(F)c(F)nc(F)c2F)CCCC1. The Morgan fingerprint density at radius 3 is 2.05 bits per heavy atom. The van der Waals surface area contributed by atoms with Gasteiger partial charge in [0.2, 0.25) is 11.6 Å². The molecule has 0 radical (unpaired) electrons. The molecule has 6 heteroatoms. The molecule has 1 saturated carbocycles. The van der Waals surface area contributed by atoms with Crippen LogP contribution in [0, 0.1) is 28.9 Å². The summed E-state index contributed by atoms with van der Waals surface area (Å²) in [5.74, 6) is -6.19. The van der Waals surface area contributed by atoms with E-state index in [-0.39, 0.29) is 5.41 Å². The summed E-state index contributed by atoms with van der Waals surface area (Å²) < 4.78 is 52.8. The highest BCUT2D eigenvalue weighted by molar-refractivity contribution is 5.45. The minimum Gasteiger partial charge on any atom is -0.379 e. The fourth-order valence-corrected chi connectivity index (χ4v) is 2.70. The van der Waals surface area contributed by atoms with E-state index in [1.807, 2.05) is 6.92 Å². The Morgan fingerprint density at radius 2 is 1.58 bits per heavy atom. The molecule has 0 atom stereocenters. The van der Waals surface area contributed by atoms with Crippen molar-refractivity contribution in [3.8, 4) is 0 Å². The van der Waals surface area contributed by atoms with E-state index in [4.69, 9.17) is 0 Å². The second-order valence-electron chi connectivity index (χ2n) is 5.11. The van der Waals surface area contributed by atoms with Gasteiger partial charge in [0.15, 0.2) is 0 Å². The molecule has 2 rings (SSSR count). The first-order valence-corrected chi connectivity index (χ1v) is 6.43. The van der Waals surface area contributed by atoms with Gasteiger partial charge in [0.1, 0.15) is 5.69 Å². The lowest BCUT2D eigenvalue weighted by atomic mass is 9.83. The summed E-state index contributed by atoms with van der Waals surface area (Å²) in [6, 6.07) is 0. The summed E-state index contributed by atoms with van der Waals surface area (Å²) in [5.41, 5.74) is -0.806. The summed E-state index contributed by atoms with van der Waals surface area (Å²) >= 11 is 0. The number of nitrogens with one attached hydrogen (secondary N) is 1. The van der Waals surface area contributed by atoms with Gasteiger partial charge < -0.3 is 5.32 Å². The fraction of sp³-hybridized carbons (Fsp3) is 0.615. The third kappa shape index (κ3) is 2.67. The van der Waals surface area contributed by atoms with Gasteiger partial charge in [-0.15, -0.1) is 0 Å². The second-order valence-corrected chi connectivity index (χ2v) is 5.11. The molecule has 0 amide bonds. The van der Waals surface area contributed by atoms with Crippen molar-refractivity contribution in [2.75, 3.05) is 11.9 Å². The van der Waals surface area contributed by atoms with Crippen molar-refractivity contribution in [1.82, 2.24) is 4.98 Å². The van der Waals surface area contributed by atoms with E-state index >= 15 is 0 Å². The molecule has 1 aromatic heterocycles. The first kappa shape index (κ1) is 14.1. The molecule has 1 aromatic rings. The molecule has 0 spiro atoms. The Morgan fingerprint density at radius 1 is 1.05 bits per heavy atom. The largest absolute Gasteiger partial charge is 0.379 e. The van der Waals surface area contributed by atoms with Crippen molar-refractivity contribution in [2.45, 2.75) is 39.0 Å². The number of aromatic nitrogens is 1. The van der Waals surface area contributed by atoms with Gasteiger partial charge in [0.25, 0.3) is 11.9 Å². The third-order valence-corrected chi connectivity index (χ3v) is 4.05. The molecule has 0 saturated heterocycles. The monoisotopic (exact) mass is 276 g/mol. The molecule has 0 aliphatic heterocycles. The van der Waals surface area contributed by atoms with E-state index in [0.29, 0.717) is 6.54 Å². The first-order chi connectivity index (χ1) is 8.99. The van der Waals surface area contributed by atoms with Crippen LogP contribution in [0.1, 0.15) is 39.0 Å². The topological polar surface area (TPSA) is 24.9 Å². The van der Waals surface area contributed by atoms with E-state index in [1.54, 1.807) is 0 Å². The molecular weight excluding hydrogens is 260 g/mol. The van der Waals surface area contributed by atoms with E-state index in [9.17, 15) is 17.6 Å². The van der Waals surface area contributed by atoms with Crippen molar-refractivity contribution < 1.29 is 17.6 Å². The van der Waals surface area contributed by atoms with Crippen LogP contribution in [0.5, 0.6) is 0 Å². The van der Waals surface area contributed by atoms with E-state index in [0.717, 1.165) is 32.1 Å². The van der Waals surface area contributed by atoms with Crippen LogP contribution >= 0.6 is 0 Å². The molecule has 0 bridgehead atoms. The average Bonchev–Trinajstić information content (AvgIpc) is 2.86. The number of rotatable bonds is 4. The standard InChI is InChI=1S/C13H16F4N2/c1-2-13(5-3-4-6-13)7-18-10-8(14)11(16)19-12(17)9(10)15/h2-7H2,1H3,(H,18,19). The van der Waals surface area contributed by atoms with Gasteiger partial charge in [0.05, 0.1) is 0 Å². The molecule has 0 unspecified atom stereocenters. The fourth-order valence-electron chi connectivity index (χ4n) is 2.70. The highest BCUT2D eigenvalue weighted by atomic mass is 19.2. The predicted molar refractivity (Wildman–Crippen MR) is 63.8 cm³/mol. The summed E-state index contributed by atoms with van der Waals surface area (Å²) in [6.45, 7) is 2.31. The number of halogens is 4. The van der Waals surface area contributed by atoms with Gasteiger partial charge in [-0.2, -0.15) is 22.5 Å². The number of hydrogen-bond acceptors (Lipinski definition) is 2. The molecule has 19 heavy (non-hydrogen) atoms. The summed E-state index contributed by atoms with van der Waals surface area (Å²) in [4.78, 5) is 2.53. The molecule has 1 aliphatic rings. The Hall–Kier alpha value is -1.33. The minimum atomic E-state index is -1.63. The van der Waals surface area contributed by atoms with Crippen LogP contribution < -0.4 is 5.32 Å². The molecule has 2 nitrogen and oxygen atoms in total. The first-order valence-electron chi connectivity index (χ1n) is 6.43. The van der Waals surface area contributed by atoms with Gasteiger partial charge in [-0.05, 0) is 24.7 Å². The van der Waals surface area contributed by atoms with Crippen molar-refractivity contribution in [3.05, 3.63) is 23.5 Å². The lowest BCUT2D eigenvalue weighted by molar-refractivity contribution is 0.305. The quantitative estimate of drug-likeness (QED) is 0.663. The van der Waals surface area contributed by atoms with E-state index in [2.05, 4.69) is 10.3 Å². The molecule has 1 fully saturated rings. The lowest BCUT2D eigenvalue weighted by Gasteiger charge is -2.28. The van der Waals surface area contributed by atoms with Crippen molar-refractivity contribution in [2.24, 2.45) is 5.41 Å². The lowest BCUT2D eigenvalue weighted by Crippen LogP contribution is -2.27. The maximum Gasteiger partial charge on any atom is 0.253 e. The Balaban J connectivity index is 2.20. The van der Waals surface area contributed by atoms with E-state index < -0.39 is 29.2 Å². The molecule has 1 N–H and O–H groups in total. The second kappa shape index (κ2) is 5.35. The van der Waals surface area contributed by atoms with Crippen molar-refractivity contribution >= 4 is 5.69 Å². The molecule has 1 heterocycles. The zero-order valence-electron chi connectivity index (χ0n) is 10.7. The maximum atomic E-state index is 13.4.